The molecule has 0 spiro atoms. The minimum absolute atomic E-state index is 0.0794. The highest BCUT2D eigenvalue weighted by molar-refractivity contribution is 5.37. The Morgan fingerprint density at radius 1 is 1.00 bits per heavy atom. The van der Waals surface area contributed by atoms with E-state index in [0.29, 0.717) is 5.56 Å². The van der Waals surface area contributed by atoms with Gasteiger partial charge in [0.05, 0.1) is 0 Å². The van der Waals surface area contributed by atoms with Crippen molar-refractivity contribution in [2.24, 2.45) is 0 Å². The molecule has 2 aromatic carbocycles. The molecule has 0 aliphatic heterocycles. The van der Waals surface area contributed by atoms with Gasteiger partial charge in [-0.05, 0) is 35.7 Å². The largest absolute Gasteiger partial charge is 0.435 e. The lowest BCUT2D eigenvalue weighted by molar-refractivity contribution is -0.0498. The van der Waals surface area contributed by atoms with Crippen molar-refractivity contribution in [3.63, 3.8) is 0 Å². The van der Waals surface area contributed by atoms with E-state index in [0.717, 1.165) is 11.1 Å². The Morgan fingerprint density at radius 3 is 2.21 bits per heavy atom. The van der Waals surface area contributed by atoms with Gasteiger partial charge in [-0.25, -0.2) is 0 Å². The zero-order valence-electron chi connectivity index (χ0n) is 10.4. The maximum absolute atomic E-state index is 12.0. The molecule has 1 atom stereocenters. The van der Waals surface area contributed by atoms with Crippen molar-refractivity contribution in [2.75, 3.05) is 0 Å². The highest BCUT2D eigenvalue weighted by atomic mass is 19.3. The molecule has 0 saturated heterocycles. The van der Waals surface area contributed by atoms with Gasteiger partial charge in [-0.3, -0.25) is 0 Å². The molecule has 0 saturated carbocycles. The molecule has 1 N–H and O–H groups in total. The van der Waals surface area contributed by atoms with Crippen LogP contribution in [0.25, 0.3) is 0 Å². The highest BCUT2D eigenvalue weighted by Gasteiger charge is 2.13. The van der Waals surface area contributed by atoms with Crippen LogP contribution in [0.15, 0.2) is 48.5 Å². The van der Waals surface area contributed by atoms with E-state index in [1.54, 1.807) is 12.1 Å². The van der Waals surface area contributed by atoms with Gasteiger partial charge in [0.15, 0.2) is 0 Å². The van der Waals surface area contributed by atoms with Crippen molar-refractivity contribution in [1.82, 2.24) is 0 Å². The van der Waals surface area contributed by atoms with Crippen LogP contribution in [-0.2, 0) is 0 Å². The summed E-state index contributed by atoms with van der Waals surface area (Å²) >= 11 is 0. The zero-order valence-corrected chi connectivity index (χ0v) is 10.4. The van der Waals surface area contributed by atoms with Gasteiger partial charge in [0.1, 0.15) is 11.9 Å². The predicted octanol–water partition coefficient (Wildman–Crippen LogP) is 3.68. The van der Waals surface area contributed by atoms with Crippen LogP contribution in [0.5, 0.6) is 5.75 Å². The van der Waals surface area contributed by atoms with Crippen molar-refractivity contribution in [2.45, 2.75) is 19.6 Å². The van der Waals surface area contributed by atoms with Crippen LogP contribution in [0.1, 0.15) is 22.8 Å². The lowest BCUT2D eigenvalue weighted by Gasteiger charge is -2.14. The molecule has 19 heavy (non-hydrogen) atoms. The van der Waals surface area contributed by atoms with E-state index in [2.05, 4.69) is 4.74 Å². The third-order valence-corrected chi connectivity index (χ3v) is 2.90. The number of rotatable bonds is 4. The fourth-order valence-corrected chi connectivity index (χ4v) is 1.90. The van der Waals surface area contributed by atoms with Crippen LogP contribution in [0, 0.1) is 6.92 Å². The number of alkyl halides is 2. The normalized spacial score (nSPS) is 12.5. The van der Waals surface area contributed by atoms with E-state index in [1.165, 1.54) is 12.1 Å². The van der Waals surface area contributed by atoms with Gasteiger partial charge in [0.2, 0.25) is 0 Å². The van der Waals surface area contributed by atoms with E-state index in [-0.39, 0.29) is 5.75 Å². The minimum atomic E-state index is -2.84. The Labute approximate surface area is 110 Å². The van der Waals surface area contributed by atoms with E-state index in [4.69, 9.17) is 0 Å². The first-order chi connectivity index (χ1) is 9.08. The highest BCUT2D eigenvalue weighted by Crippen LogP contribution is 2.26. The maximum Gasteiger partial charge on any atom is 0.387 e. The third-order valence-electron chi connectivity index (χ3n) is 2.90. The van der Waals surface area contributed by atoms with Gasteiger partial charge in [0.25, 0.3) is 0 Å². The number of aryl methyl sites for hydroxylation is 1. The molecule has 0 amide bonds. The molecular weight excluding hydrogens is 250 g/mol. The quantitative estimate of drug-likeness (QED) is 0.912. The van der Waals surface area contributed by atoms with Crippen molar-refractivity contribution in [3.8, 4) is 5.75 Å². The SMILES string of the molecule is Cc1ccccc1C(O)c1ccc(OC(F)F)cc1. The number of aliphatic hydroxyl groups excluding tert-OH is 1. The molecular formula is C15H14F2O2. The van der Waals surface area contributed by atoms with Crippen LogP contribution in [0.4, 0.5) is 8.78 Å². The van der Waals surface area contributed by atoms with Gasteiger partial charge < -0.3 is 9.84 Å². The predicted molar refractivity (Wildman–Crippen MR) is 68.3 cm³/mol. The second-order valence-corrected chi connectivity index (χ2v) is 4.21. The maximum atomic E-state index is 12.0. The first-order valence-corrected chi connectivity index (χ1v) is 5.86. The molecule has 0 radical (unpaired) electrons. The average molecular weight is 264 g/mol. The van der Waals surface area contributed by atoms with Gasteiger partial charge in [0, 0.05) is 0 Å². The first kappa shape index (κ1) is 13.5. The van der Waals surface area contributed by atoms with Gasteiger partial charge in [-0.1, -0.05) is 36.4 Å². The zero-order chi connectivity index (χ0) is 13.8. The Morgan fingerprint density at radius 2 is 1.63 bits per heavy atom. The molecule has 0 fully saturated rings. The molecule has 2 nitrogen and oxygen atoms in total. The van der Waals surface area contributed by atoms with Gasteiger partial charge in [-0.15, -0.1) is 0 Å². The molecule has 0 aliphatic carbocycles. The van der Waals surface area contributed by atoms with E-state index < -0.39 is 12.7 Å². The van der Waals surface area contributed by atoms with Crippen LogP contribution >= 0.6 is 0 Å². The van der Waals surface area contributed by atoms with Gasteiger partial charge in [-0.2, -0.15) is 8.78 Å². The van der Waals surface area contributed by atoms with Crippen molar-refractivity contribution in [1.29, 1.82) is 0 Å². The molecule has 2 aromatic rings. The summed E-state index contributed by atoms with van der Waals surface area (Å²) in [5.41, 5.74) is 2.41. The van der Waals surface area contributed by atoms with Crippen LogP contribution < -0.4 is 4.74 Å². The second kappa shape index (κ2) is 5.80. The van der Waals surface area contributed by atoms with E-state index in [1.807, 2.05) is 31.2 Å². The van der Waals surface area contributed by atoms with Gasteiger partial charge >= 0.3 is 6.61 Å². The molecule has 4 heteroatoms. The van der Waals surface area contributed by atoms with Crippen molar-refractivity contribution < 1.29 is 18.6 Å². The van der Waals surface area contributed by atoms with E-state index >= 15 is 0 Å². The lowest BCUT2D eigenvalue weighted by atomic mass is 9.98. The summed E-state index contributed by atoms with van der Waals surface area (Å²) in [7, 11) is 0. The molecule has 100 valence electrons. The summed E-state index contributed by atoms with van der Waals surface area (Å²) in [6.45, 7) is -0.931. The summed E-state index contributed by atoms with van der Waals surface area (Å²) in [6, 6.07) is 13.5. The lowest BCUT2D eigenvalue weighted by Crippen LogP contribution is -2.04. The topological polar surface area (TPSA) is 29.5 Å². The Hall–Kier alpha value is -1.94. The standard InChI is InChI=1S/C15H14F2O2/c1-10-4-2-3-5-13(10)14(18)11-6-8-12(9-7-11)19-15(16)17/h2-9,14-15,18H,1H3. The summed E-state index contributed by atoms with van der Waals surface area (Å²) in [5, 5.41) is 10.3. The average Bonchev–Trinajstić information content (AvgIpc) is 2.39. The first-order valence-electron chi connectivity index (χ1n) is 5.86. The van der Waals surface area contributed by atoms with Crippen molar-refractivity contribution >= 4 is 0 Å². The molecule has 0 heterocycles. The van der Waals surface area contributed by atoms with Crippen LogP contribution in [-0.4, -0.2) is 11.7 Å². The number of benzene rings is 2. The molecule has 2 rings (SSSR count). The fourth-order valence-electron chi connectivity index (χ4n) is 1.90. The fraction of sp³-hybridized carbons (Fsp3) is 0.200. The molecule has 0 aromatic heterocycles. The molecule has 0 aliphatic rings. The number of hydrogen-bond donors (Lipinski definition) is 1. The molecule has 0 bridgehead atoms. The summed E-state index contributed by atoms with van der Waals surface area (Å²) < 4.78 is 28.3. The smallest absolute Gasteiger partial charge is 0.387 e. The number of halogens is 2. The number of ether oxygens (including phenoxy) is 1. The summed E-state index contributed by atoms with van der Waals surface area (Å²) in [6.07, 6.45) is -0.776. The summed E-state index contributed by atoms with van der Waals surface area (Å²) in [4.78, 5) is 0. The van der Waals surface area contributed by atoms with Crippen LogP contribution in [0.3, 0.4) is 0 Å². The van der Waals surface area contributed by atoms with E-state index in [9.17, 15) is 13.9 Å². The van der Waals surface area contributed by atoms with Crippen LogP contribution in [0.2, 0.25) is 0 Å². The monoisotopic (exact) mass is 264 g/mol. The second-order valence-electron chi connectivity index (χ2n) is 4.21. The summed E-state index contributed by atoms with van der Waals surface area (Å²) in [5.74, 6) is 0.0794. The minimum Gasteiger partial charge on any atom is -0.435 e. The Bertz CT molecular complexity index is 538. The Kier molecular flexibility index (Phi) is 4.12. The Balaban J connectivity index is 2.20. The number of hydrogen-bond acceptors (Lipinski definition) is 2. The third kappa shape index (κ3) is 3.29. The van der Waals surface area contributed by atoms with Crippen molar-refractivity contribution in [3.05, 3.63) is 65.2 Å². The number of aliphatic hydroxyl groups is 1. The molecule has 1 unspecified atom stereocenters.